The van der Waals surface area contributed by atoms with Gasteiger partial charge in [-0.2, -0.15) is 0 Å². The highest BCUT2D eigenvalue weighted by atomic mass is 16.6. The molecule has 0 fully saturated rings. The van der Waals surface area contributed by atoms with Crippen molar-refractivity contribution in [2.24, 2.45) is 0 Å². The van der Waals surface area contributed by atoms with Crippen LogP contribution in [0.5, 0.6) is 0 Å². The van der Waals surface area contributed by atoms with Crippen molar-refractivity contribution >= 4 is 18.0 Å². The second-order valence-electron chi connectivity index (χ2n) is 6.16. The fourth-order valence-electron chi connectivity index (χ4n) is 1.88. The second kappa shape index (κ2) is 8.33. The van der Waals surface area contributed by atoms with Gasteiger partial charge in [-0.05, 0) is 45.4 Å². The molecule has 1 aromatic rings. The molecule has 1 atom stereocenters. The van der Waals surface area contributed by atoms with Gasteiger partial charge in [0, 0.05) is 6.42 Å². The Kier molecular flexibility index (Phi) is 6.76. The first-order chi connectivity index (χ1) is 11.1. The number of hydrogen-bond acceptors (Lipinski definition) is 5. The molecule has 0 spiro atoms. The van der Waals surface area contributed by atoms with Gasteiger partial charge in [-0.15, -0.1) is 0 Å². The maximum Gasteiger partial charge on any atom is 0.408 e. The average molecular weight is 337 g/mol. The Balaban J connectivity index is 2.73. The zero-order valence-corrected chi connectivity index (χ0v) is 14.3. The van der Waals surface area contributed by atoms with Gasteiger partial charge in [0.25, 0.3) is 0 Å². The zero-order valence-electron chi connectivity index (χ0n) is 14.3. The predicted molar refractivity (Wildman–Crippen MR) is 86.9 cm³/mol. The first kappa shape index (κ1) is 19.5. The van der Waals surface area contributed by atoms with Gasteiger partial charge in [0.05, 0.1) is 12.2 Å². The van der Waals surface area contributed by atoms with E-state index >= 15 is 0 Å². The van der Waals surface area contributed by atoms with Crippen LogP contribution in [0.3, 0.4) is 0 Å². The Labute approximate surface area is 141 Å². The molecule has 0 aromatic heterocycles. The number of carbonyl (C=O) groups excluding carboxylic acids is 2. The van der Waals surface area contributed by atoms with Crippen LogP contribution in [0.15, 0.2) is 24.3 Å². The number of aliphatic carboxylic acids is 1. The van der Waals surface area contributed by atoms with Gasteiger partial charge >= 0.3 is 18.0 Å². The van der Waals surface area contributed by atoms with E-state index in [-0.39, 0.29) is 13.0 Å². The lowest BCUT2D eigenvalue weighted by atomic mass is 10.0. The highest BCUT2D eigenvalue weighted by Gasteiger charge is 2.24. The number of rotatable bonds is 6. The maximum absolute atomic E-state index is 11.7. The Bertz CT molecular complexity index is 588. The Morgan fingerprint density at radius 3 is 2.21 bits per heavy atom. The van der Waals surface area contributed by atoms with E-state index in [1.807, 2.05) is 0 Å². The summed E-state index contributed by atoms with van der Waals surface area (Å²) >= 11 is 0. The summed E-state index contributed by atoms with van der Waals surface area (Å²) in [5.74, 6) is -1.61. The van der Waals surface area contributed by atoms with E-state index in [0.29, 0.717) is 11.1 Å². The van der Waals surface area contributed by atoms with E-state index in [2.05, 4.69) is 5.32 Å². The van der Waals surface area contributed by atoms with Gasteiger partial charge in [0.15, 0.2) is 0 Å². The number of hydrogen-bond donors (Lipinski definition) is 2. The van der Waals surface area contributed by atoms with Crippen molar-refractivity contribution in [2.45, 2.75) is 45.8 Å². The minimum absolute atomic E-state index is 0.0671. The summed E-state index contributed by atoms with van der Waals surface area (Å²) in [7, 11) is 0. The standard InChI is InChI=1S/C17H23NO6/c1-5-23-15(21)12-8-6-11(7-9-12)10-13(14(19)20)18-16(22)24-17(2,3)4/h6-9,13H,5,10H2,1-4H3,(H,18,22)(H,19,20). The molecule has 1 unspecified atom stereocenters. The van der Waals surface area contributed by atoms with Crippen molar-refractivity contribution in [3.63, 3.8) is 0 Å². The highest BCUT2D eigenvalue weighted by Crippen LogP contribution is 2.10. The van der Waals surface area contributed by atoms with Crippen LogP contribution >= 0.6 is 0 Å². The maximum atomic E-state index is 11.7. The fraction of sp³-hybridized carbons (Fsp3) is 0.471. The molecular formula is C17H23NO6. The molecule has 1 rings (SSSR count). The minimum atomic E-state index is -1.17. The van der Waals surface area contributed by atoms with Crippen LogP contribution in [0.1, 0.15) is 43.6 Å². The third kappa shape index (κ3) is 6.68. The molecule has 0 saturated carbocycles. The van der Waals surface area contributed by atoms with Crippen molar-refractivity contribution in [3.8, 4) is 0 Å². The minimum Gasteiger partial charge on any atom is -0.480 e. The average Bonchev–Trinajstić information content (AvgIpc) is 2.45. The monoisotopic (exact) mass is 337 g/mol. The third-order valence-electron chi connectivity index (χ3n) is 2.89. The molecule has 2 N–H and O–H groups in total. The quantitative estimate of drug-likeness (QED) is 0.773. The van der Waals surface area contributed by atoms with E-state index < -0.39 is 29.7 Å². The first-order valence-corrected chi connectivity index (χ1v) is 7.60. The van der Waals surface area contributed by atoms with Gasteiger partial charge in [-0.3, -0.25) is 0 Å². The Morgan fingerprint density at radius 1 is 1.17 bits per heavy atom. The summed E-state index contributed by atoms with van der Waals surface area (Å²) in [5.41, 5.74) is 0.327. The number of amides is 1. The van der Waals surface area contributed by atoms with Gasteiger partial charge in [-0.1, -0.05) is 12.1 Å². The van der Waals surface area contributed by atoms with Gasteiger partial charge < -0.3 is 19.9 Å². The molecule has 24 heavy (non-hydrogen) atoms. The fourth-order valence-corrected chi connectivity index (χ4v) is 1.88. The molecule has 1 amide bonds. The normalized spacial score (nSPS) is 12.2. The van der Waals surface area contributed by atoms with Crippen LogP contribution in [0, 0.1) is 0 Å². The van der Waals surface area contributed by atoms with Crippen molar-refractivity contribution < 1.29 is 29.0 Å². The van der Waals surface area contributed by atoms with Crippen LogP contribution < -0.4 is 5.32 Å². The van der Waals surface area contributed by atoms with Gasteiger partial charge in [0.2, 0.25) is 0 Å². The Hall–Kier alpha value is -2.57. The number of ether oxygens (including phenoxy) is 2. The van der Waals surface area contributed by atoms with Crippen molar-refractivity contribution in [3.05, 3.63) is 35.4 Å². The van der Waals surface area contributed by atoms with Crippen LogP contribution in [0.2, 0.25) is 0 Å². The SMILES string of the molecule is CCOC(=O)c1ccc(CC(NC(=O)OC(C)(C)C)C(=O)O)cc1. The number of alkyl carbamates (subject to hydrolysis) is 1. The van der Waals surface area contributed by atoms with Crippen LogP contribution in [0.4, 0.5) is 4.79 Å². The predicted octanol–water partition coefficient (Wildman–Crippen LogP) is 2.38. The van der Waals surface area contributed by atoms with Crippen molar-refractivity contribution in [2.75, 3.05) is 6.61 Å². The number of carboxylic acids is 1. The molecule has 0 aliphatic carbocycles. The summed E-state index contributed by atoms with van der Waals surface area (Å²) < 4.78 is 9.94. The summed E-state index contributed by atoms with van der Waals surface area (Å²) in [4.78, 5) is 34.6. The highest BCUT2D eigenvalue weighted by molar-refractivity contribution is 5.89. The summed E-state index contributed by atoms with van der Waals surface area (Å²) in [6.45, 7) is 7.07. The van der Waals surface area contributed by atoms with Gasteiger partial charge in [-0.25, -0.2) is 14.4 Å². The van der Waals surface area contributed by atoms with E-state index in [0.717, 1.165) is 0 Å². The van der Waals surface area contributed by atoms with E-state index in [9.17, 15) is 19.5 Å². The molecule has 1 aromatic carbocycles. The molecule has 0 bridgehead atoms. The molecule has 7 nitrogen and oxygen atoms in total. The largest absolute Gasteiger partial charge is 0.480 e. The Morgan fingerprint density at radius 2 is 1.75 bits per heavy atom. The van der Waals surface area contributed by atoms with Crippen LogP contribution in [-0.4, -0.2) is 41.4 Å². The van der Waals surface area contributed by atoms with Crippen molar-refractivity contribution in [1.29, 1.82) is 0 Å². The van der Waals surface area contributed by atoms with Crippen LogP contribution in [-0.2, 0) is 20.7 Å². The van der Waals surface area contributed by atoms with E-state index in [4.69, 9.17) is 9.47 Å². The summed E-state index contributed by atoms with van der Waals surface area (Å²) in [6.07, 6.45) is -0.726. The first-order valence-electron chi connectivity index (χ1n) is 7.60. The second-order valence-corrected chi connectivity index (χ2v) is 6.16. The number of nitrogens with one attached hydrogen (secondary N) is 1. The molecule has 7 heteroatoms. The lowest BCUT2D eigenvalue weighted by Crippen LogP contribution is -2.44. The third-order valence-corrected chi connectivity index (χ3v) is 2.89. The molecule has 132 valence electrons. The van der Waals surface area contributed by atoms with Crippen molar-refractivity contribution in [1.82, 2.24) is 5.32 Å². The number of benzene rings is 1. The molecular weight excluding hydrogens is 314 g/mol. The van der Waals surface area contributed by atoms with E-state index in [1.165, 1.54) is 0 Å². The summed E-state index contributed by atoms with van der Waals surface area (Å²) in [6, 6.07) is 5.23. The van der Waals surface area contributed by atoms with E-state index in [1.54, 1.807) is 52.0 Å². The molecule has 0 heterocycles. The number of esters is 1. The lowest BCUT2D eigenvalue weighted by molar-refractivity contribution is -0.139. The zero-order chi connectivity index (χ0) is 18.3. The summed E-state index contributed by atoms with van der Waals surface area (Å²) in [5, 5.41) is 11.6. The number of carboxylic acid groups (broad SMARTS) is 1. The van der Waals surface area contributed by atoms with Crippen LogP contribution in [0.25, 0.3) is 0 Å². The van der Waals surface area contributed by atoms with Gasteiger partial charge in [0.1, 0.15) is 11.6 Å². The lowest BCUT2D eigenvalue weighted by Gasteiger charge is -2.22. The molecule has 0 aliphatic heterocycles. The molecule has 0 radical (unpaired) electrons. The molecule has 0 aliphatic rings. The molecule has 0 saturated heterocycles. The smallest absolute Gasteiger partial charge is 0.408 e. The topological polar surface area (TPSA) is 102 Å². The number of carbonyl (C=O) groups is 3.